The molecule has 0 fully saturated rings. The van der Waals surface area contributed by atoms with Gasteiger partial charge >= 0.3 is 0 Å². The lowest BCUT2D eigenvalue weighted by molar-refractivity contribution is -0.119. The lowest BCUT2D eigenvalue weighted by Crippen LogP contribution is -2.33. The first-order chi connectivity index (χ1) is 4.79. The summed E-state index contributed by atoms with van der Waals surface area (Å²) in [6, 6.07) is 0.391. The van der Waals surface area contributed by atoms with Crippen LogP contribution in [0.3, 0.4) is 0 Å². The molecule has 2 nitrogen and oxygen atoms in total. The molecule has 1 rings (SSSR count). The Balaban J connectivity index is 0.000001000. The molecule has 0 saturated carbocycles. The Hall–Kier alpha value is -0.790. The van der Waals surface area contributed by atoms with Crippen LogP contribution in [-0.4, -0.2) is 11.9 Å². The van der Waals surface area contributed by atoms with Gasteiger partial charge in [-0.1, -0.05) is 12.2 Å². The summed E-state index contributed by atoms with van der Waals surface area (Å²) in [5.74, 6) is 0.0836. The maximum atomic E-state index is 10.6. The quantitative estimate of drug-likeness (QED) is 0.550. The minimum atomic E-state index is 0. The van der Waals surface area contributed by atoms with Crippen LogP contribution in [0.15, 0.2) is 12.2 Å². The third-order valence-electron chi connectivity index (χ3n) is 1.68. The van der Waals surface area contributed by atoms with Crippen molar-refractivity contribution in [2.24, 2.45) is 0 Å². The molecule has 1 aliphatic rings. The van der Waals surface area contributed by atoms with E-state index in [2.05, 4.69) is 17.5 Å². The fourth-order valence-electron chi connectivity index (χ4n) is 1.21. The smallest absolute Gasteiger partial charge is 0.217 e. The molecule has 1 aliphatic carbocycles. The van der Waals surface area contributed by atoms with E-state index in [1.165, 1.54) is 0 Å². The van der Waals surface area contributed by atoms with Crippen LogP contribution < -0.4 is 5.32 Å². The second-order valence-electron chi connectivity index (χ2n) is 2.68. The molecule has 58 valence electrons. The summed E-state index contributed by atoms with van der Waals surface area (Å²) in [6.45, 7) is 1.57. The minimum Gasteiger partial charge on any atom is -0.353 e. The van der Waals surface area contributed by atoms with Crippen LogP contribution in [0.2, 0.25) is 0 Å². The lowest BCUT2D eigenvalue weighted by atomic mass is 10.0. The molecule has 1 amide bonds. The molecular formula is C8H15NO. The summed E-state index contributed by atoms with van der Waals surface area (Å²) in [5.41, 5.74) is 0. The number of allylic oxidation sites excluding steroid dienone is 1. The van der Waals surface area contributed by atoms with Crippen molar-refractivity contribution in [3.63, 3.8) is 0 Å². The molecule has 0 aromatic rings. The predicted molar refractivity (Wildman–Crippen MR) is 42.7 cm³/mol. The summed E-state index contributed by atoms with van der Waals surface area (Å²) in [6.07, 6.45) is 7.49. The van der Waals surface area contributed by atoms with E-state index in [1.54, 1.807) is 6.92 Å². The van der Waals surface area contributed by atoms with Gasteiger partial charge < -0.3 is 5.32 Å². The fraction of sp³-hybridized carbons (Fsp3) is 0.625. The standard InChI is InChI=1S/C8H13NO.H2/c1-7(10)9-8-5-3-2-4-6-8;/h2-3,8H,4-6H2,1H3,(H,9,10);1H. The van der Waals surface area contributed by atoms with Crippen LogP contribution in [0.4, 0.5) is 0 Å². The number of nitrogens with one attached hydrogen (secondary N) is 1. The van der Waals surface area contributed by atoms with Gasteiger partial charge in [-0.25, -0.2) is 0 Å². The van der Waals surface area contributed by atoms with Gasteiger partial charge in [0.05, 0.1) is 0 Å². The third-order valence-corrected chi connectivity index (χ3v) is 1.68. The van der Waals surface area contributed by atoms with Crippen molar-refractivity contribution in [3.05, 3.63) is 12.2 Å². The normalized spacial score (nSPS) is 24.3. The maximum absolute atomic E-state index is 10.6. The fourth-order valence-corrected chi connectivity index (χ4v) is 1.21. The highest BCUT2D eigenvalue weighted by atomic mass is 16.1. The summed E-state index contributed by atoms with van der Waals surface area (Å²) in [4.78, 5) is 10.6. The summed E-state index contributed by atoms with van der Waals surface area (Å²) >= 11 is 0. The predicted octanol–water partition coefficient (Wildman–Crippen LogP) is 1.48. The van der Waals surface area contributed by atoms with Crippen LogP contribution in [-0.2, 0) is 4.79 Å². The molecule has 0 saturated heterocycles. The van der Waals surface area contributed by atoms with Gasteiger partial charge in [-0.15, -0.1) is 0 Å². The molecule has 1 unspecified atom stereocenters. The van der Waals surface area contributed by atoms with Gasteiger partial charge in [-0.05, 0) is 19.3 Å². The monoisotopic (exact) mass is 141 g/mol. The Morgan fingerprint density at radius 3 is 3.00 bits per heavy atom. The zero-order valence-electron chi connectivity index (χ0n) is 6.26. The first-order valence-electron chi connectivity index (χ1n) is 3.71. The van der Waals surface area contributed by atoms with Crippen LogP contribution in [0.5, 0.6) is 0 Å². The number of carbonyl (C=O) groups is 1. The van der Waals surface area contributed by atoms with Crippen molar-refractivity contribution in [2.75, 3.05) is 0 Å². The molecule has 0 spiro atoms. The number of hydrogen-bond donors (Lipinski definition) is 1. The van der Waals surface area contributed by atoms with Gasteiger partial charge in [0.25, 0.3) is 0 Å². The van der Waals surface area contributed by atoms with E-state index < -0.39 is 0 Å². The number of hydrogen-bond acceptors (Lipinski definition) is 1. The second kappa shape index (κ2) is 3.40. The Labute approximate surface area is 62.8 Å². The number of carbonyl (C=O) groups excluding carboxylic acids is 1. The first-order valence-corrected chi connectivity index (χ1v) is 3.71. The molecule has 0 aliphatic heterocycles. The molecule has 0 aromatic carbocycles. The Kier molecular flexibility index (Phi) is 2.49. The molecule has 0 heterocycles. The van der Waals surface area contributed by atoms with Gasteiger partial charge in [0, 0.05) is 14.4 Å². The van der Waals surface area contributed by atoms with E-state index in [4.69, 9.17) is 0 Å². The van der Waals surface area contributed by atoms with E-state index in [9.17, 15) is 4.79 Å². The zero-order chi connectivity index (χ0) is 7.40. The van der Waals surface area contributed by atoms with E-state index in [-0.39, 0.29) is 7.33 Å². The van der Waals surface area contributed by atoms with Gasteiger partial charge in [-0.3, -0.25) is 4.79 Å². The van der Waals surface area contributed by atoms with Crippen LogP contribution in [0.25, 0.3) is 0 Å². The molecule has 0 radical (unpaired) electrons. The third kappa shape index (κ3) is 2.21. The minimum absolute atomic E-state index is 0. The van der Waals surface area contributed by atoms with Gasteiger partial charge in [0.15, 0.2) is 0 Å². The summed E-state index contributed by atoms with van der Waals surface area (Å²) in [5, 5.41) is 2.89. The van der Waals surface area contributed by atoms with Crippen LogP contribution in [0.1, 0.15) is 27.6 Å². The highest BCUT2D eigenvalue weighted by Crippen LogP contribution is 2.09. The number of rotatable bonds is 1. The number of amides is 1. The summed E-state index contributed by atoms with van der Waals surface area (Å²) in [7, 11) is 0. The second-order valence-corrected chi connectivity index (χ2v) is 2.68. The van der Waals surface area contributed by atoms with Gasteiger partial charge in [0.1, 0.15) is 0 Å². The van der Waals surface area contributed by atoms with E-state index in [0.29, 0.717) is 6.04 Å². The zero-order valence-corrected chi connectivity index (χ0v) is 6.26. The topological polar surface area (TPSA) is 29.1 Å². The van der Waals surface area contributed by atoms with Gasteiger partial charge in [0.2, 0.25) is 5.91 Å². The van der Waals surface area contributed by atoms with Crippen LogP contribution >= 0.6 is 0 Å². The Morgan fingerprint density at radius 1 is 1.70 bits per heavy atom. The van der Waals surface area contributed by atoms with E-state index >= 15 is 0 Å². The first kappa shape index (κ1) is 7.32. The molecule has 10 heavy (non-hydrogen) atoms. The molecule has 0 aromatic heterocycles. The Morgan fingerprint density at radius 2 is 2.50 bits per heavy atom. The molecule has 0 bridgehead atoms. The summed E-state index contributed by atoms with van der Waals surface area (Å²) < 4.78 is 0. The van der Waals surface area contributed by atoms with E-state index in [1.807, 2.05) is 0 Å². The molecule has 1 atom stereocenters. The van der Waals surface area contributed by atoms with Gasteiger partial charge in [-0.2, -0.15) is 0 Å². The van der Waals surface area contributed by atoms with Crippen molar-refractivity contribution in [3.8, 4) is 0 Å². The molecule has 2 heteroatoms. The molecular weight excluding hydrogens is 126 g/mol. The SMILES string of the molecule is CC(=O)NC1CC=CCC1.[HH]. The van der Waals surface area contributed by atoms with Crippen molar-refractivity contribution >= 4 is 5.91 Å². The molecule has 1 N–H and O–H groups in total. The van der Waals surface area contributed by atoms with Crippen molar-refractivity contribution in [1.82, 2.24) is 5.32 Å². The van der Waals surface area contributed by atoms with E-state index in [0.717, 1.165) is 19.3 Å². The average Bonchev–Trinajstić information content (AvgIpc) is 1.88. The lowest BCUT2D eigenvalue weighted by Gasteiger charge is -2.17. The average molecular weight is 141 g/mol. The maximum Gasteiger partial charge on any atom is 0.217 e. The van der Waals surface area contributed by atoms with Crippen LogP contribution in [0, 0.1) is 0 Å². The Bertz CT molecular complexity index is 156. The highest BCUT2D eigenvalue weighted by molar-refractivity contribution is 5.73. The van der Waals surface area contributed by atoms with Crippen molar-refractivity contribution in [2.45, 2.75) is 32.2 Å². The highest BCUT2D eigenvalue weighted by Gasteiger charge is 2.09. The largest absolute Gasteiger partial charge is 0.353 e. The van der Waals surface area contributed by atoms with Crippen molar-refractivity contribution < 1.29 is 6.22 Å². The van der Waals surface area contributed by atoms with Crippen molar-refractivity contribution in [1.29, 1.82) is 0 Å².